The highest BCUT2D eigenvalue weighted by molar-refractivity contribution is 7.86. The Hall–Kier alpha value is -3.79. The van der Waals surface area contributed by atoms with Gasteiger partial charge in [0.25, 0.3) is 10.1 Å². The zero-order valence-corrected chi connectivity index (χ0v) is 19.9. The molecule has 0 saturated heterocycles. The summed E-state index contributed by atoms with van der Waals surface area (Å²) in [5.74, 6) is -1.60. The van der Waals surface area contributed by atoms with E-state index in [1.807, 2.05) is 0 Å². The van der Waals surface area contributed by atoms with E-state index in [2.05, 4.69) is 10.2 Å². The third-order valence-corrected chi connectivity index (χ3v) is 6.70. The molecular weight excluding hydrogens is 492 g/mol. The Bertz CT molecular complexity index is 1600. The number of halogens is 1. The molecule has 4 rings (SSSR count). The highest BCUT2D eigenvalue weighted by Gasteiger charge is 2.20. The molecule has 0 aromatic heterocycles. The van der Waals surface area contributed by atoms with Crippen molar-refractivity contribution in [1.29, 1.82) is 0 Å². The number of fused-ring (bicyclic) bond motifs is 1. The minimum absolute atomic E-state index is 0.114. The van der Waals surface area contributed by atoms with Crippen LogP contribution in [0.5, 0.6) is 5.75 Å². The number of carboxylic acid groups (broad SMARTS) is 1. The molecule has 0 spiro atoms. The fourth-order valence-corrected chi connectivity index (χ4v) is 4.69. The number of aromatic hydroxyl groups is 1. The molecule has 0 unspecified atom stereocenters. The van der Waals surface area contributed by atoms with Gasteiger partial charge in [-0.1, -0.05) is 54.9 Å². The highest BCUT2D eigenvalue weighted by atomic mass is 35.5. The molecule has 0 radical (unpaired) electrons. The van der Waals surface area contributed by atoms with Crippen LogP contribution in [0, 0.1) is 0 Å². The third-order valence-electron chi connectivity index (χ3n) is 5.47. The smallest absolute Gasteiger partial charge is 0.339 e. The van der Waals surface area contributed by atoms with E-state index >= 15 is 0 Å². The van der Waals surface area contributed by atoms with Gasteiger partial charge in [0.1, 0.15) is 21.9 Å². The second-order valence-electron chi connectivity index (χ2n) is 7.66. The van der Waals surface area contributed by atoms with Gasteiger partial charge in [0.2, 0.25) is 0 Å². The van der Waals surface area contributed by atoms with Crippen LogP contribution in [0.3, 0.4) is 0 Å². The summed E-state index contributed by atoms with van der Waals surface area (Å²) in [6, 6.07) is 17.5. The van der Waals surface area contributed by atoms with Crippen molar-refractivity contribution in [2.75, 3.05) is 0 Å². The molecule has 0 fully saturated rings. The molecule has 0 saturated carbocycles. The zero-order chi connectivity index (χ0) is 25.3. The molecule has 10 heteroatoms. The summed E-state index contributed by atoms with van der Waals surface area (Å²) in [4.78, 5) is 11.2. The maximum Gasteiger partial charge on any atom is 0.339 e. The Labute approximate surface area is 205 Å². The van der Waals surface area contributed by atoms with Gasteiger partial charge in [0, 0.05) is 10.6 Å². The normalized spacial score (nSPS) is 11.9. The first-order valence-corrected chi connectivity index (χ1v) is 12.2. The summed E-state index contributed by atoms with van der Waals surface area (Å²) in [6.07, 6.45) is 0.463. The fraction of sp³-hybridized carbons (Fsp3) is 0.0800. The van der Waals surface area contributed by atoms with Crippen molar-refractivity contribution in [1.82, 2.24) is 0 Å². The molecular formula is C25H19ClN2O6S. The van der Waals surface area contributed by atoms with E-state index in [4.69, 9.17) is 11.6 Å². The molecule has 4 aromatic rings. The number of aryl methyl sites for hydroxylation is 1. The van der Waals surface area contributed by atoms with Gasteiger partial charge in [-0.25, -0.2) is 4.79 Å². The lowest BCUT2D eigenvalue weighted by atomic mass is 9.94. The Morgan fingerprint density at radius 3 is 2.31 bits per heavy atom. The van der Waals surface area contributed by atoms with Crippen molar-refractivity contribution in [3.05, 3.63) is 82.9 Å². The van der Waals surface area contributed by atoms with E-state index < -0.39 is 21.0 Å². The van der Waals surface area contributed by atoms with Gasteiger partial charge < -0.3 is 10.2 Å². The molecule has 3 N–H and O–H groups in total. The molecule has 0 amide bonds. The van der Waals surface area contributed by atoms with E-state index in [9.17, 15) is 28.0 Å². The van der Waals surface area contributed by atoms with Gasteiger partial charge in [-0.05, 0) is 58.7 Å². The van der Waals surface area contributed by atoms with Crippen LogP contribution in [0.15, 0.2) is 81.9 Å². The minimum atomic E-state index is -4.55. The first kappa shape index (κ1) is 24.3. The van der Waals surface area contributed by atoms with Crippen molar-refractivity contribution in [2.24, 2.45) is 10.2 Å². The summed E-state index contributed by atoms with van der Waals surface area (Å²) in [6.45, 7) is 1.80. The van der Waals surface area contributed by atoms with Crippen LogP contribution in [0.1, 0.15) is 22.8 Å². The maximum atomic E-state index is 11.8. The number of carbonyl (C=O) groups is 1. The minimum Gasteiger partial charge on any atom is -0.506 e. The van der Waals surface area contributed by atoms with Crippen molar-refractivity contribution >= 4 is 49.8 Å². The van der Waals surface area contributed by atoms with Gasteiger partial charge in [-0.15, -0.1) is 5.11 Å². The Morgan fingerprint density at radius 1 is 1.00 bits per heavy atom. The fourth-order valence-electron chi connectivity index (χ4n) is 3.74. The van der Waals surface area contributed by atoms with E-state index in [1.165, 1.54) is 18.2 Å². The van der Waals surface area contributed by atoms with Crippen molar-refractivity contribution in [3.63, 3.8) is 0 Å². The molecule has 35 heavy (non-hydrogen) atoms. The second kappa shape index (κ2) is 9.46. The number of phenols is 1. The van der Waals surface area contributed by atoms with Crippen LogP contribution in [-0.4, -0.2) is 29.2 Å². The first-order valence-electron chi connectivity index (χ1n) is 10.4. The molecule has 8 nitrogen and oxygen atoms in total. The number of rotatable bonds is 6. The predicted molar refractivity (Wildman–Crippen MR) is 133 cm³/mol. The molecule has 0 aliphatic heterocycles. The van der Waals surface area contributed by atoms with E-state index in [0.717, 1.165) is 0 Å². The zero-order valence-electron chi connectivity index (χ0n) is 18.3. The Kier molecular flexibility index (Phi) is 6.58. The number of hydrogen-bond acceptors (Lipinski definition) is 6. The van der Waals surface area contributed by atoms with Gasteiger partial charge in [-0.3, -0.25) is 4.55 Å². The summed E-state index contributed by atoms with van der Waals surface area (Å²) < 4.78 is 33.2. The van der Waals surface area contributed by atoms with Gasteiger partial charge in [-0.2, -0.15) is 13.5 Å². The van der Waals surface area contributed by atoms with E-state index in [0.29, 0.717) is 44.6 Å². The number of aromatic carboxylic acids is 1. The van der Waals surface area contributed by atoms with Crippen LogP contribution in [0.4, 0.5) is 11.4 Å². The number of hydrogen-bond donors (Lipinski definition) is 3. The standard InChI is InChI=1S/C25H19ClN2O6S/c1-2-14-12-22(35(32,33)34)21(13-20(14)26)28-27-17-9-7-15(8-10-17)23-18-6-4-3-5-16(18)11-19(24(23)29)25(30)31/h3-13,29H,2H2,1H3,(H,30,31)(H,32,33,34). The summed E-state index contributed by atoms with van der Waals surface area (Å²) in [7, 11) is -4.55. The van der Waals surface area contributed by atoms with Crippen LogP contribution >= 0.6 is 11.6 Å². The lowest BCUT2D eigenvalue weighted by Crippen LogP contribution is -2.00. The van der Waals surface area contributed by atoms with Crippen LogP contribution in [-0.2, 0) is 16.5 Å². The summed E-state index contributed by atoms with van der Waals surface area (Å²) >= 11 is 6.18. The second-order valence-corrected chi connectivity index (χ2v) is 9.46. The third kappa shape index (κ3) is 4.88. The van der Waals surface area contributed by atoms with Crippen molar-refractivity contribution < 1.29 is 28.0 Å². The number of benzene rings is 4. The lowest BCUT2D eigenvalue weighted by Gasteiger charge is -2.12. The number of carboxylic acids is 1. The van der Waals surface area contributed by atoms with Gasteiger partial charge in [0.05, 0.1) is 5.69 Å². The maximum absolute atomic E-state index is 11.8. The lowest BCUT2D eigenvalue weighted by molar-refractivity contribution is 0.0694. The number of azo groups is 1. The van der Waals surface area contributed by atoms with E-state index in [-0.39, 0.29) is 17.0 Å². The quantitative estimate of drug-likeness (QED) is 0.193. The monoisotopic (exact) mass is 510 g/mol. The van der Waals surface area contributed by atoms with Crippen LogP contribution in [0.25, 0.3) is 21.9 Å². The summed E-state index contributed by atoms with van der Waals surface area (Å²) in [5, 5.41) is 29.8. The van der Waals surface area contributed by atoms with Gasteiger partial charge in [0.15, 0.2) is 0 Å². The molecule has 0 aliphatic rings. The predicted octanol–water partition coefficient (Wildman–Crippen LogP) is 6.79. The van der Waals surface area contributed by atoms with Crippen molar-refractivity contribution in [3.8, 4) is 16.9 Å². The molecule has 4 aromatic carbocycles. The molecule has 0 heterocycles. The SMILES string of the molecule is CCc1cc(S(=O)(=O)O)c(N=Nc2ccc(-c3c(O)c(C(=O)O)cc4ccccc34)cc2)cc1Cl. The summed E-state index contributed by atoms with van der Waals surface area (Å²) in [5.41, 5.74) is 1.47. The molecule has 178 valence electrons. The van der Waals surface area contributed by atoms with E-state index in [1.54, 1.807) is 55.5 Å². The first-order chi connectivity index (χ1) is 16.6. The highest BCUT2D eigenvalue weighted by Crippen LogP contribution is 2.40. The largest absolute Gasteiger partial charge is 0.506 e. The Morgan fingerprint density at radius 2 is 1.69 bits per heavy atom. The average molecular weight is 511 g/mol. The van der Waals surface area contributed by atoms with Crippen molar-refractivity contribution in [2.45, 2.75) is 18.2 Å². The topological polar surface area (TPSA) is 137 Å². The van der Waals surface area contributed by atoms with Gasteiger partial charge >= 0.3 is 5.97 Å². The Balaban J connectivity index is 1.76. The molecule has 0 bridgehead atoms. The van der Waals surface area contributed by atoms with Crippen LogP contribution in [0.2, 0.25) is 5.02 Å². The average Bonchev–Trinajstić information content (AvgIpc) is 2.82. The molecule has 0 aliphatic carbocycles. The van der Waals surface area contributed by atoms with Crippen LogP contribution < -0.4 is 0 Å². The molecule has 0 atom stereocenters. The number of nitrogens with zero attached hydrogens (tertiary/aromatic N) is 2.